The van der Waals surface area contributed by atoms with Crippen LogP contribution in [0.3, 0.4) is 0 Å². The number of hydrogen-bond acceptors (Lipinski definition) is 7. The highest BCUT2D eigenvalue weighted by Crippen LogP contribution is 2.39. The maximum atomic E-state index is 14.3. The van der Waals surface area contributed by atoms with Gasteiger partial charge in [0.2, 0.25) is 5.78 Å². The summed E-state index contributed by atoms with van der Waals surface area (Å²) < 4.78 is 30.9. The number of ether oxygens (including phenoxy) is 3. The van der Waals surface area contributed by atoms with E-state index in [2.05, 4.69) is 4.98 Å². The number of thiophene rings is 1. The molecule has 0 spiro atoms. The lowest BCUT2D eigenvalue weighted by Gasteiger charge is -2.24. The first-order valence-electron chi connectivity index (χ1n) is 11.7. The third kappa shape index (κ3) is 4.40. The fourth-order valence-corrected chi connectivity index (χ4v) is 5.69. The molecule has 2 aromatic carbocycles. The van der Waals surface area contributed by atoms with E-state index in [0.29, 0.717) is 63.5 Å². The van der Waals surface area contributed by atoms with Crippen molar-refractivity contribution in [1.82, 2.24) is 9.88 Å². The van der Waals surface area contributed by atoms with Crippen LogP contribution in [0.15, 0.2) is 53.9 Å². The van der Waals surface area contributed by atoms with Crippen LogP contribution in [0.25, 0.3) is 21.3 Å². The fourth-order valence-electron chi connectivity index (χ4n) is 4.73. The Bertz CT molecular complexity index is 1500. The summed E-state index contributed by atoms with van der Waals surface area (Å²) in [5.74, 6) is 0.617. The van der Waals surface area contributed by atoms with E-state index in [1.54, 1.807) is 41.3 Å². The Morgan fingerprint density at radius 3 is 2.51 bits per heavy atom. The molecule has 0 bridgehead atoms. The Balaban J connectivity index is 1.48. The molecule has 0 aliphatic carbocycles. The van der Waals surface area contributed by atoms with Gasteiger partial charge in [0.25, 0.3) is 5.91 Å². The van der Waals surface area contributed by atoms with Crippen molar-refractivity contribution in [3.63, 3.8) is 0 Å². The van der Waals surface area contributed by atoms with Crippen LogP contribution in [0.1, 0.15) is 33.7 Å². The predicted molar refractivity (Wildman–Crippen MR) is 140 cm³/mol. The van der Waals surface area contributed by atoms with Gasteiger partial charge in [0.05, 0.1) is 32.1 Å². The number of fused-ring (bicyclic) bond motifs is 1. The largest absolute Gasteiger partial charge is 0.494 e. The Hall–Kier alpha value is -3.98. The van der Waals surface area contributed by atoms with Crippen LogP contribution in [0.2, 0.25) is 0 Å². The molecule has 7 nitrogen and oxygen atoms in total. The fraction of sp³-hybridized carbons (Fsp3) is 0.250. The number of halogens is 1. The van der Waals surface area contributed by atoms with Gasteiger partial charge in [0, 0.05) is 28.4 Å². The zero-order chi connectivity index (χ0) is 26.1. The molecule has 1 saturated heterocycles. The topological polar surface area (TPSA) is 78.0 Å². The molecule has 3 heterocycles. The molecule has 5 rings (SSSR count). The zero-order valence-corrected chi connectivity index (χ0v) is 21.4. The second-order valence-electron chi connectivity index (χ2n) is 8.60. The van der Waals surface area contributed by atoms with E-state index < -0.39 is 6.04 Å². The lowest BCUT2D eigenvalue weighted by Crippen LogP contribution is -2.40. The van der Waals surface area contributed by atoms with E-state index in [1.165, 1.54) is 38.7 Å². The van der Waals surface area contributed by atoms with Crippen LogP contribution >= 0.6 is 11.3 Å². The molecule has 1 fully saturated rings. The molecule has 0 radical (unpaired) electrons. The maximum absolute atomic E-state index is 14.3. The minimum absolute atomic E-state index is 0.226. The molecule has 190 valence electrons. The summed E-state index contributed by atoms with van der Waals surface area (Å²) >= 11 is 1.27. The minimum atomic E-state index is -0.647. The van der Waals surface area contributed by atoms with E-state index in [1.807, 2.05) is 11.4 Å². The molecule has 0 saturated carbocycles. The number of methoxy groups -OCH3 is 3. The molecule has 1 amide bonds. The molecule has 4 aromatic rings. The lowest BCUT2D eigenvalue weighted by atomic mass is 10.0. The molecular formula is C28H25FN2O5S. The van der Waals surface area contributed by atoms with Crippen molar-refractivity contribution in [2.24, 2.45) is 0 Å². The molecule has 2 aromatic heterocycles. The van der Waals surface area contributed by atoms with Gasteiger partial charge in [-0.1, -0.05) is 12.1 Å². The van der Waals surface area contributed by atoms with E-state index in [-0.39, 0.29) is 23.2 Å². The van der Waals surface area contributed by atoms with Crippen molar-refractivity contribution < 1.29 is 28.2 Å². The molecule has 1 atom stereocenters. The Morgan fingerprint density at radius 2 is 1.76 bits per heavy atom. The van der Waals surface area contributed by atoms with Crippen molar-refractivity contribution in [2.75, 3.05) is 27.9 Å². The van der Waals surface area contributed by atoms with Crippen LogP contribution in [-0.4, -0.2) is 55.5 Å². The summed E-state index contributed by atoms with van der Waals surface area (Å²) in [6, 6.07) is 12.5. The summed E-state index contributed by atoms with van der Waals surface area (Å²) in [6.45, 7) is 0.459. The van der Waals surface area contributed by atoms with Gasteiger partial charge in [-0.05, 0) is 49.2 Å². The Kier molecular flexibility index (Phi) is 6.80. The molecule has 0 unspecified atom stereocenters. The van der Waals surface area contributed by atoms with Crippen LogP contribution in [0.4, 0.5) is 4.39 Å². The van der Waals surface area contributed by atoms with Gasteiger partial charge >= 0.3 is 0 Å². The van der Waals surface area contributed by atoms with Crippen molar-refractivity contribution in [2.45, 2.75) is 18.9 Å². The summed E-state index contributed by atoms with van der Waals surface area (Å²) in [6.07, 6.45) is 1.24. The first-order valence-corrected chi connectivity index (χ1v) is 12.6. The first kappa shape index (κ1) is 24.7. The molecule has 1 aliphatic rings. The highest BCUT2D eigenvalue weighted by molar-refractivity contribution is 7.17. The molecule has 1 aliphatic heterocycles. The molecule has 37 heavy (non-hydrogen) atoms. The summed E-state index contributed by atoms with van der Waals surface area (Å²) in [7, 11) is 4.56. The summed E-state index contributed by atoms with van der Waals surface area (Å²) in [5, 5.41) is 2.52. The van der Waals surface area contributed by atoms with Crippen LogP contribution < -0.4 is 14.2 Å². The molecule has 9 heteroatoms. The van der Waals surface area contributed by atoms with Crippen LogP contribution in [0.5, 0.6) is 17.2 Å². The third-order valence-electron chi connectivity index (χ3n) is 6.58. The van der Waals surface area contributed by atoms with Gasteiger partial charge in [-0.2, -0.15) is 0 Å². The van der Waals surface area contributed by atoms with Gasteiger partial charge < -0.3 is 19.1 Å². The average Bonchev–Trinajstić information content (AvgIpc) is 3.60. The number of rotatable bonds is 7. The SMILES string of the molecule is COc1ccc(C(=O)N2CCC[C@@H]2C(=O)c2ccc(OC)c(-c3csc4c(F)cccc34)n2)cc1OC. The van der Waals surface area contributed by atoms with Crippen molar-refractivity contribution in [3.8, 4) is 28.5 Å². The number of aromatic nitrogens is 1. The maximum Gasteiger partial charge on any atom is 0.254 e. The Morgan fingerprint density at radius 1 is 1.00 bits per heavy atom. The second kappa shape index (κ2) is 10.2. The number of hydrogen-bond donors (Lipinski definition) is 0. The van der Waals surface area contributed by atoms with Gasteiger partial charge in [-0.3, -0.25) is 9.59 Å². The lowest BCUT2D eigenvalue weighted by molar-refractivity contribution is 0.0669. The summed E-state index contributed by atoms with van der Waals surface area (Å²) in [4.78, 5) is 33.3. The second-order valence-corrected chi connectivity index (χ2v) is 9.48. The van der Waals surface area contributed by atoms with Crippen molar-refractivity contribution in [3.05, 3.63) is 71.0 Å². The monoisotopic (exact) mass is 520 g/mol. The normalized spacial score (nSPS) is 15.1. The van der Waals surface area contributed by atoms with E-state index in [0.717, 1.165) is 0 Å². The van der Waals surface area contributed by atoms with Gasteiger partial charge in [-0.15, -0.1) is 11.3 Å². The quantitative estimate of drug-likeness (QED) is 0.295. The highest BCUT2D eigenvalue weighted by Gasteiger charge is 2.36. The minimum Gasteiger partial charge on any atom is -0.494 e. The number of carbonyl (C=O) groups excluding carboxylic acids is 2. The average molecular weight is 521 g/mol. The number of benzene rings is 2. The Labute approximate surface area is 217 Å². The number of pyridine rings is 1. The van der Waals surface area contributed by atoms with E-state index >= 15 is 0 Å². The van der Waals surface area contributed by atoms with Crippen molar-refractivity contribution >= 4 is 33.1 Å². The first-order chi connectivity index (χ1) is 18.0. The smallest absolute Gasteiger partial charge is 0.254 e. The van der Waals surface area contributed by atoms with Gasteiger partial charge in [0.1, 0.15) is 23.0 Å². The number of likely N-dealkylation sites (tertiary alicyclic amines) is 1. The number of ketones is 1. The molecular weight excluding hydrogens is 495 g/mol. The van der Waals surface area contributed by atoms with E-state index in [4.69, 9.17) is 14.2 Å². The third-order valence-corrected chi connectivity index (χ3v) is 7.59. The van der Waals surface area contributed by atoms with Gasteiger partial charge in [0.15, 0.2) is 11.5 Å². The summed E-state index contributed by atoms with van der Waals surface area (Å²) in [5.41, 5.74) is 1.78. The van der Waals surface area contributed by atoms with Crippen molar-refractivity contribution in [1.29, 1.82) is 0 Å². The standard InChI is InChI=1S/C28H25FN2O5S/c1-34-22-11-9-16(14-24(22)36-3)28(33)31-13-5-8-21(31)26(32)20-10-12-23(35-2)25(30-20)18-15-37-27-17(18)6-4-7-19(27)29/h4,6-7,9-12,14-15,21H,5,8,13H2,1-3H3/t21-/m1/s1. The van der Waals surface area contributed by atoms with E-state index in [9.17, 15) is 14.0 Å². The van der Waals surface area contributed by atoms with Crippen LogP contribution in [0, 0.1) is 5.82 Å². The number of Topliss-reactive ketones (excluding diaryl/α,β-unsaturated/α-hetero) is 1. The number of nitrogens with zero attached hydrogens (tertiary/aromatic N) is 2. The van der Waals surface area contributed by atoms with Gasteiger partial charge in [-0.25, -0.2) is 9.37 Å². The number of carbonyl (C=O) groups is 2. The predicted octanol–water partition coefficient (Wildman–Crippen LogP) is 5.62. The molecule has 0 N–H and O–H groups in total. The highest BCUT2D eigenvalue weighted by atomic mass is 32.1. The zero-order valence-electron chi connectivity index (χ0n) is 20.6. The number of amides is 1. The van der Waals surface area contributed by atoms with Crippen LogP contribution in [-0.2, 0) is 0 Å².